The molecular weight excluding hydrogens is 493 g/mol. The first-order valence-electron chi connectivity index (χ1n) is 13.3. The molecule has 0 radical (unpaired) electrons. The Bertz CT molecular complexity index is 1540. The van der Waals surface area contributed by atoms with E-state index < -0.39 is 0 Å². The largest absolute Gasteiger partial charge is 0.492 e. The number of benzene rings is 3. The quantitative estimate of drug-likeness (QED) is 0.249. The van der Waals surface area contributed by atoms with Crippen LogP contribution in [0.2, 0.25) is 0 Å². The Morgan fingerprint density at radius 3 is 2.54 bits per heavy atom. The third-order valence-corrected chi connectivity index (χ3v) is 7.88. The Labute approximate surface area is 227 Å². The van der Waals surface area contributed by atoms with Crippen LogP contribution in [0.5, 0.6) is 11.5 Å². The number of aryl methyl sites for hydroxylation is 2. The minimum Gasteiger partial charge on any atom is -0.492 e. The van der Waals surface area contributed by atoms with Crippen molar-refractivity contribution in [1.29, 1.82) is 0 Å². The Morgan fingerprint density at radius 1 is 1.03 bits per heavy atom. The maximum atomic E-state index is 15.3. The van der Waals surface area contributed by atoms with Crippen LogP contribution in [0.3, 0.4) is 0 Å². The maximum Gasteiger partial charge on any atom is 0.306 e. The number of pyridine rings is 1. The van der Waals surface area contributed by atoms with Gasteiger partial charge in [-0.3, -0.25) is 9.78 Å². The normalized spacial score (nSPS) is 17.3. The number of methoxy groups -OCH3 is 1. The number of carbonyl (C=O) groups excluding carboxylic acids is 1. The summed E-state index contributed by atoms with van der Waals surface area (Å²) in [6.07, 6.45) is 4.92. The lowest BCUT2D eigenvalue weighted by Gasteiger charge is -2.19. The molecule has 2 aliphatic rings. The zero-order valence-corrected chi connectivity index (χ0v) is 22.3. The number of fused-ring (bicyclic) bond motifs is 2. The standard InChI is InChI=1S/C33H30FNO4/c1-19-14-22(21-10-12-35-13-11-21)15-20(2)32(19)26-6-8-28(34)33-27(26)7-9-29(33)39-24-4-5-25-23(16-31(36)37-3)18-38-30(25)17-24/h4-6,8,10-15,17,23,29H,7,9,16,18H2,1-3H3. The van der Waals surface area contributed by atoms with E-state index in [0.29, 0.717) is 30.1 Å². The Morgan fingerprint density at radius 2 is 1.79 bits per heavy atom. The zero-order chi connectivity index (χ0) is 27.1. The van der Waals surface area contributed by atoms with Gasteiger partial charge in [0.2, 0.25) is 0 Å². The molecule has 6 rings (SSSR count). The van der Waals surface area contributed by atoms with Crippen molar-refractivity contribution in [3.05, 3.63) is 101 Å². The molecular formula is C33H30FNO4. The lowest BCUT2D eigenvalue weighted by Crippen LogP contribution is -2.09. The molecule has 3 aromatic carbocycles. The summed E-state index contributed by atoms with van der Waals surface area (Å²) in [7, 11) is 1.39. The molecule has 1 aromatic heterocycles. The lowest BCUT2D eigenvalue weighted by molar-refractivity contribution is -0.141. The van der Waals surface area contributed by atoms with E-state index in [9.17, 15) is 4.79 Å². The van der Waals surface area contributed by atoms with Crippen molar-refractivity contribution < 1.29 is 23.4 Å². The first kappa shape index (κ1) is 25.1. The van der Waals surface area contributed by atoms with Gasteiger partial charge in [0.05, 0.1) is 20.1 Å². The highest BCUT2D eigenvalue weighted by Gasteiger charge is 2.32. The van der Waals surface area contributed by atoms with Crippen LogP contribution >= 0.6 is 0 Å². The Kier molecular flexibility index (Phi) is 6.55. The van der Waals surface area contributed by atoms with Gasteiger partial charge in [-0.05, 0) is 89.9 Å². The van der Waals surface area contributed by atoms with E-state index in [2.05, 4.69) is 31.0 Å². The molecule has 0 fully saturated rings. The number of esters is 1. The Balaban J connectivity index is 1.29. The number of aromatic nitrogens is 1. The van der Waals surface area contributed by atoms with Crippen molar-refractivity contribution in [2.24, 2.45) is 0 Å². The highest BCUT2D eigenvalue weighted by molar-refractivity contribution is 5.79. The highest BCUT2D eigenvalue weighted by atomic mass is 19.1. The minimum absolute atomic E-state index is 0.0369. The molecule has 198 valence electrons. The second-order valence-corrected chi connectivity index (χ2v) is 10.3. The summed E-state index contributed by atoms with van der Waals surface area (Å²) in [5, 5.41) is 0. The van der Waals surface area contributed by atoms with Crippen LogP contribution in [0, 0.1) is 19.7 Å². The number of carbonyl (C=O) groups is 1. The predicted octanol–water partition coefficient (Wildman–Crippen LogP) is 7.28. The molecule has 6 heteroatoms. The minimum atomic E-state index is -0.387. The summed E-state index contributed by atoms with van der Waals surface area (Å²) < 4.78 is 32.3. The number of nitrogens with zero attached hydrogens (tertiary/aromatic N) is 1. The van der Waals surface area contributed by atoms with Gasteiger partial charge in [-0.15, -0.1) is 0 Å². The summed E-state index contributed by atoms with van der Waals surface area (Å²) in [4.78, 5) is 15.9. The molecule has 2 heterocycles. The van der Waals surface area contributed by atoms with E-state index in [1.54, 1.807) is 18.5 Å². The second kappa shape index (κ2) is 10.2. The van der Waals surface area contributed by atoms with E-state index in [4.69, 9.17) is 14.2 Å². The average Bonchev–Trinajstić information content (AvgIpc) is 3.54. The van der Waals surface area contributed by atoms with E-state index in [1.807, 2.05) is 36.4 Å². The zero-order valence-electron chi connectivity index (χ0n) is 22.3. The fourth-order valence-electron chi connectivity index (χ4n) is 6.07. The van der Waals surface area contributed by atoms with Crippen molar-refractivity contribution in [1.82, 2.24) is 4.98 Å². The van der Waals surface area contributed by atoms with Crippen LogP contribution in [0.25, 0.3) is 22.3 Å². The van der Waals surface area contributed by atoms with Gasteiger partial charge in [0.15, 0.2) is 0 Å². The third-order valence-electron chi connectivity index (χ3n) is 7.88. The Hall–Kier alpha value is -4.19. The van der Waals surface area contributed by atoms with E-state index in [0.717, 1.165) is 50.9 Å². The first-order chi connectivity index (χ1) is 18.9. The second-order valence-electron chi connectivity index (χ2n) is 10.3. The molecule has 0 saturated carbocycles. The molecule has 1 aliphatic carbocycles. The lowest BCUT2D eigenvalue weighted by atomic mass is 9.88. The van der Waals surface area contributed by atoms with Crippen molar-refractivity contribution in [3.8, 4) is 33.8 Å². The van der Waals surface area contributed by atoms with Crippen molar-refractivity contribution >= 4 is 5.97 Å². The molecule has 4 aromatic rings. The summed E-state index contributed by atoms with van der Waals surface area (Å²) >= 11 is 0. The van der Waals surface area contributed by atoms with Crippen LogP contribution in [-0.2, 0) is 16.0 Å². The first-order valence-corrected chi connectivity index (χ1v) is 13.3. The number of halogens is 1. The SMILES string of the molecule is COC(=O)CC1COc2cc(OC3CCc4c(-c5c(C)cc(-c6ccncc6)cc5C)ccc(F)c43)ccc21. The fraction of sp³-hybridized carbons (Fsp3) is 0.273. The molecule has 0 N–H and O–H groups in total. The summed E-state index contributed by atoms with van der Waals surface area (Å²) in [5.74, 6) is 0.794. The number of hydrogen-bond donors (Lipinski definition) is 0. The third kappa shape index (κ3) is 4.65. The van der Waals surface area contributed by atoms with Crippen LogP contribution < -0.4 is 9.47 Å². The van der Waals surface area contributed by atoms with Crippen LogP contribution in [0.15, 0.2) is 67.0 Å². The maximum absolute atomic E-state index is 15.3. The summed E-state index contributed by atoms with van der Waals surface area (Å²) in [6.45, 7) is 4.66. The topological polar surface area (TPSA) is 57.7 Å². The number of hydrogen-bond acceptors (Lipinski definition) is 5. The molecule has 0 saturated heterocycles. The van der Waals surface area contributed by atoms with Crippen LogP contribution in [0.1, 0.15) is 52.7 Å². The molecule has 1 aliphatic heterocycles. The van der Waals surface area contributed by atoms with Gasteiger partial charge in [-0.2, -0.15) is 0 Å². The van der Waals surface area contributed by atoms with Gasteiger partial charge in [0, 0.05) is 35.5 Å². The monoisotopic (exact) mass is 523 g/mol. The molecule has 0 amide bonds. The van der Waals surface area contributed by atoms with E-state index >= 15 is 4.39 Å². The summed E-state index contributed by atoms with van der Waals surface area (Å²) in [6, 6.07) is 17.5. The molecule has 0 spiro atoms. The van der Waals surface area contributed by atoms with Gasteiger partial charge in [0.25, 0.3) is 0 Å². The van der Waals surface area contributed by atoms with Gasteiger partial charge in [-0.1, -0.05) is 24.3 Å². The van der Waals surface area contributed by atoms with Gasteiger partial charge >= 0.3 is 5.97 Å². The van der Waals surface area contributed by atoms with Gasteiger partial charge < -0.3 is 14.2 Å². The summed E-state index contributed by atoms with van der Waals surface area (Å²) in [5.41, 5.74) is 9.39. The van der Waals surface area contributed by atoms with Gasteiger partial charge in [-0.25, -0.2) is 4.39 Å². The molecule has 2 unspecified atom stereocenters. The van der Waals surface area contributed by atoms with Crippen LogP contribution in [-0.4, -0.2) is 24.7 Å². The highest BCUT2D eigenvalue weighted by Crippen LogP contribution is 2.45. The van der Waals surface area contributed by atoms with E-state index in [-0.39, 0.29) is 30.2 Å². The molecule has 2 atom stereocenters. The van der Waals surface area contributed by atoms with Crippen molar-refractivity contribution in [3.63, 3.8) is 0 Å². The molecule has 39 heavy (non-hydrogen) atoms. The molecule has 5 nitrogen and oxygen atoms in total. The average molecular weight is 524 g/mol. The van der Waals surface area contributed by atoms with Gasteiger partial charge in [0.1, 0.15) is 23.4 Å². The number of ether oxygens (including phenoxy) is 3. The fourth-order valence-corrected chi connectivity index (χ4v) is 6.07. The van der Waals surface area contributed by atoms with Crippen LogP contribution in [0.4, 0.5) is 4.39 Å². The van der Waals surface area contributed by atoms with Crippen molar-refractivity contribution in [2.75, 3.05) is 13.7 Å². The molecule has 0 bridgehead atoms. The number of rotatable bonds is 6. The predicted molar refractivity (Wildman–Crippen MR) is 148 cm³/mol. The van der Waals surface area contributed by atoms with Crippen molar-refractivity contribution in [2.45, 2.75) is 45.1 Å². The van der Waals surface area contributed by atoms with E-state index in [1.165, 1.54) is 7.11 Å². The smallest absolute Gasteiger partial charge is 0.306 e.